The minimum Gasteiger partial charge on any atom is -0.390 e. The van der Waals surface area contributed by atoms with Crippen LogP contribution in [0.2, 0.25) is 0 Å². The third-order valence-electron chi connectivity index (χ3n) is 5.07. The van der Waals surface area contributed by atoms with E-state index in [1.54, 1.807) is 0 Å². The van der Waals surface area contributed by atoms with E-state index < -0.39 is 0 Å². The summed E-state index contributed by atoms with van der Waals surface area (Å²) < 4.78 is 0. The second-order valence-electron chi connectivity index (χ2n) is 7.26. The van der Waals surface area contributed by atoms with Crippen LogP contribution in [0.1, 0.15) is 36.0 Å². The quantitative estimate of drug-likeness (QED) is 0.794. The molecule has 0 saturated heterocycles. The Labute approximate surface area is 154 Å². The normalized spacial score (nSPS) is 19.0. The van der Waals surface area contributed by atoms with Crippen LogP contribution in [-0.2, 0) is 16.2 Å². The summed E-state index contributed by atoms with van der Waals surface area (Å²) in [5, 5.41) is 4.31. The third-order valence-corrected chi connectivity index (χ3v) is 5.07. The van der Waals surface area contributed by atoms with Crippen molar-refractivity contribution in [2.45, 2.75) is 38.8 Å². The van der Waals surface area contributed by atoms with E-state index in [2.05, 4.69) is 36.3 Å². The van der Waals surface area contributed by atoms with E-state index in [1.807, 2.05) is 35.2 Å². The number of amides is 1. The Bertz CT molecular complexity index is 812. The molecule has 0 N–H and O–H groups in total. The van der Waals surface area contributed by atoms with Crippen LogP contribution in [0.4, 0.5) is 0 Å². The Hall–Kier alpha value is -2.62. The molecular formula is C22H24N2O2. The summed E-state index contributed by atoms with van der Waals surface area (Å²) in [5.41, 5.74) is 4.47. The first-order valence-electron chi connectivity index (χ1n) is 9.32. The van der Waals surface area contributed by atoms with Gasteiger partial charge >= 0.3 is 0 Å². The predicted octanol–water partition coefficient (Wildman–Crippen LogP) is 3.93. The molecule has 4 rings (SSSR count). The zero-order valence-corrected chi connectivity index (χ0v) is 15.1. The molecule has 0 aromatic heterocycles. The molecule has 0 unspecified atom stereocenters. The maximum atomic E-state index is 12.7. The molecule has 2 aromatic rings. The Morgan fingerprint density at radius 2 is 1.85 bits per heavy atom. The fourth-order valence-electron chi connectivity index (χ4n) is 3.45. The van der Waals surface area contributed by atoms with Crippen LogP contribution in [0, 0.1) is 12.8 Å². The number of nitrogens with zero attached hydrogens (tertiary/aromatic N) is 2. The standard InChI is InChI=1S/C22H24N2O2/c1-16-7-5-6-10-20(16)21-13-19(26-23-21)15-24(22(25)18-11-12-18)14-17-8-3-2-4-9-17/h2-10,18-19H,11-15H2,1H3/t19-/m1/s1. The van der Waals surface area contributed by atoms with Crippen molar-refractivity contribution in [3.05, 3.63) is 71.3 Å². The highest BCUT2D eigenvalue weighted by Crippen LogP contribution is 2.32. The van der Waals surface area contributed by atoms with Crippen LogP contribution >= 0.6 is 0 Å². The highest BCUT2D eigenvalue weighted by Gasteiger charge is 2.35. The van der Waals surface area contributed by atoms with Crippen molar-refractivity contribution in [3.63, 3.8) is 0 Å². The molecule has 1 atom stereocenters. The highest BCUT2D eigenvalue weighted by molar-refractivity contribution is 6.02. The zero-order valence-electron chi connectivity index (χ0n) is 15.1. The maximum Gasteiger partial charge on any atom is 0.226 e. The molecule has 4 nitrogen and oxygen atoms in total. The number of aryl methyl sites for hydroxylation is 1. The van der Waals surface area contributed by atoms with Crippen molar-refractivity contribution in [3.8, 4) is 0 Å². The summed E-state index contributed by atoms with van der Waals surface area (Å²) in [4.78, 5) is 20.4. The van der Waals surface area contributed by atoms with E-state index in [1.165, 1.54) is 5.56 Å². The summed E-state index contributed by atoms with van der Waals surface area (Å²) in [6.45, 7) is 3.31. The average molecular weight is 348 g/mol. The van der Waals surface area contributed by atoms with Gasteiger partial charge in [0.1, 0.15) is 0 Å². The first kappa shape index (κ1) is 16.8. The van der Waals surface area contributed by atoms with E-state index in [9.17, 15) is 4.79 Å². The molecule has 0 radical (unpaired) electrons. The first-order chi connectivity index (χ1) is 12.7. The van der Waals surface area contributed by atoms with Crippen LogP contribution in [0.25, 0.3) is 0 Å². The van der Waals surface area contributed by atoms with Crippen molar-refractivity contribution in [2.75, 3.05) is 6.54 Å². The smallest absolute Gasteiger partial charge is 0.226 e. The average Bonchev–Trinajstić information content (AvgIpc) is 3.41. The number of oxime groups is 1. The molecule has 1 saturated carbocycles. The Morgan fingerprint density at radius 1 is 1.12 bits per heavy atom. The lowest BCUT2D eigenvalue weighted by Gasteiger charge is -2.25. The molecule has 0 spiro atoms. The number of benzene rings is 2. The van der Waals surface area contributed by atoms with Crippen molar-refractivity contribution >= 4 is 11.6 Å². The minimum absolute atomic E-state index is 0.0731. The van der Waals surface area contributed by atoms with E-state index in [0.29, 0.717) is 13.1 Å². The molecule has 1 aliphatic heterocycles. The van der Waals surface area contributed by atoms with Gasteiger partial charge in [-0.05, 0) is 30.9 Å². The van der Waals surface area contributed by atoms with E-state index in [-0.39, 0.29) is 17.9 Å². The van der Waals surface area contributed by atoms with Gasteiger partial charge in [-0.1, -0.05) is 59.8 Å². The molecule has 0 bridgehead atoms. The molecule has 2 aliphatic rings. The monoisotopic (exact) mass is 348 g/mol. The van der Waals surface area contributed by atoms with Crippen LogP contribution in [0.5, 0.6) is 0 Å². The van der Waals surface area contributed by atoms with Gasteiger partial charge in [-0.2, -0.15) is 0 Å². The van der Waals surface area contributed by atoms with E-state index >= 15 is 0 Å². The fraction of sp³-hybridized carbons (Fsp3) is 0.364. The molecule has 1 amide bonds. The van der Waals surface area contributed by atoms with Crippen LogP contribution in [0.3, 0.4) is 0 Å². The van der Waals surface area contributed by atoms with Gasteiger partial charge in [-0.25, -0.2) is 0 Å². The molecule has 26 heavy (non-hydrogen) atoms. The molecule has 2 aromatic carbocycles. The van der Waals surface area contributed by atoms with Gasteiger partial charge in [0.2, 0.25) is 5.91 Å². The lowest BCUT2D eigenvalue weighted by Crippen LogP contribution is -2.38. The van der Waals surface area contributed by atoms with Crippen molar-refractivity contribution in [2.24, 2.45) is 11.1 Å². The molecule has 4 heteroatoms. The second-order valence-corrected chi connectivity index (χ2v) is 7.26. The Balaban J connectivity index is 1.43. The fourth-order valence-corrected chi connectivity index (χ4v) is 3.45. The molecule has 1 aliphatic carbocycles. The number of carbonyl (C=O) groups excluding carboxylic acids is 1. The number of rotatable bonds is 6. The minimum atomic E-state index is -0.0731. The van der Waals surface area contributed by atoms with Gasteiger partial charge in [-0.3, -0.25) is 4.79 Å². The summed E-state index contributed by atoms with van der Waals surface area (Å²) in [6, 6.07) is 18.4. The number of hydrogen-bond donors (Lipinski definition) is 0. The van der Waals surface area contributed by atoms with Crippen molar-refractivity contribution in [1.82, 2.24) is 4.90 Å². The van der Waals surface area contributed by atoms with Gasteiger partial charge in [0.05, 0.1) is 12.3 Å². The summed E-state index contributed by atoms with van der Waals surface area (Å²) in [5.74, 6) is 0.457. The molecule has 134 valence electrons. The Morgan fingerprint density at radius 3 is 2.58 bits per heavy atom. The summed E-state index contributed by atoms with van der Waals surface area (Å²) in [6.07, 6.45) is 2.70. The largest absolute Gasteiger partial charge is 0.390 e. The zero-order chi connectivity index (χ0) is 17.9. The van der Waals surface area contributed by atoms with Crippen molar-refractivity contribution < 1.29 is 9.63 Å². The molecule has 1 heterocycles. The Kier molecular flexibility index (Phi) is 4.74. The van der Waals surface area contributed by atoms with Gasteiger partial charge in [0.15, 0.2) is 6.10 Å². The van der Waals surface area contributed by atoms with Gasteiger partial charge in [0, 0.05) is 24.4 Å². The molecular weight excluding hydrogens is 324 g/mol. The van der Waals surface area contributed by atoms with E-state index in [4.69, 9.17) is 4.84 Å². The van der Waals surface area contributed by atoms with Crippen LogP contribution in [-0.4, -0.2) is 29.2 Å². The second kappa shape index (κ2) is 7.32. The third kappa shape index (κ3) is 3.79. The van der Waals surface area contributed by atoms with Crippen LogP contribution < -0.4 is 0 Å². The van der Waals surface area contributed by atoms with Crippen LogP contribution in [0.15, 0.2) is 59.8 Å². The number of hydrogen-bond acceptors (Lipinski definition) is 3. The predicted molar refractivity (Wildman–Crippen MR) is 102 cm³/mol. The van der Waals surface area contributed by atoms with Gasteiger partial charge < -0.3 is 9.74 Å². The first-order valence-corrected chi connectivity index (χ1v) is 9.32. The number of carbonyl (C=O) groups is 1. The topological polar surface area (TPSA) is 41.9 Å². The molecule has 1 fully saturated rings. The summed E-state index contributed by atoms with van der Waals surface area (Å²) >= 11 is 0. The van der Waals surface area contributed by atoms with Gasteiger partial charge in [0.25, 0.3) is 0 Å². The SMILES string of the molecule is Cc1ccccc1C1=NO[C@@H](CN(Cc2ccccc2)C(=O)C2CC2)C1. The lowest BCUT2D eigenvalue weighted by molar-refractivity contribution is -0.135. The van der Waals surface area contributed by atoms with E-state index in [0.717, 1.165) is 36.1 Å². The maximum absolute atomic E-state index is 12.7. The van der Waals surface area contributed by atoms with Crippen molar-refractivity contribution in [1.29, 1.82) is 0 Å². The van der Waals surface area contributed by atoms with Gasteiger partial charge in [-0.15, -0.1) is 0 Å². The summed E-state index contributed by atoms with van der Waals surface area (Å²) in [7, 11) is 0. The lowest BCUT2D eigenvalue weighted by atomic mass is 10.00. The highest BCUT2D eigenvalue weighted by atomic mass is 16.6.